The van der Waals surface area contributed by atoms with Crippen molar-refractivity contribution in [2.45, 2.75) is 12.3 Å². The van der Waals surface area contributed by atoms with Gasteiger partial charge in [0.1, 0.15) is 0 Å². The number of halogens is 2. The number of hydrogen-bond donors (Lipinski definition) is 0. The van der Waals surface area contributed by atoms with Crippen molar-refractivity contribution in [3.05, 3.63) is 34.3 Å². The summed E-state index contributed by atoms with van der Waals surface area (Å²) in [4.78, 5) is 0. The first-order valence-electron chi connectivity index (χ1n) is 4.58. The van der Waals surface area contributed by atoms with E-state index in [1.165, 1.54) is 5.56 Å². The van der Waals surface area contributed by atoms with Crippen molar-refractivity contribution in [3.63, 3.8) is 0 Å². The summed E-state index contributed by atoms with van der Waals surface area (Å²) in [6.45, 7) is 0.757. The number of benzene rings is 1. The number of alkyl halides is 1. The zero-order chi connectivity index (χ0) is 10.4. The summed E-state index contributed by atoms with van der Waals surface area (Å²) >= 11 is 9.32. The molecule has 0 aliphatic rings. The van der Waals surface area contributed by atoms with Crippen LogP contribution < -0.4 is 0 Å². The fourth-order valence-corrected chi connectivity index (χ4v) is 1.92. The van der Waals surface area contributed by atoms with Gasteiger partial charge in [-0.25, -0.2) is 0 Å². The van der Waals surface area contributed by atoms with Gasteiger partial charge < -0.3 is 4.74 Å². The monoisotopic (exact) mass is 276 g/mol. The summed E-state index contributed by atoms with van der Waals surface area (Å²) in [6.07, 6.45) is 0.974. The topological polar surface area (TPSA) is 9.23 Å². The lowest BCUT2D eigenvalue weighted by Gasteiger charge is -2.13. The molecule has 0 aromatic heterocycles. The van der Waals surface area contributed by atoms with Gasteiger partial charge in [0.15, 0.2) is 0 Å². The third-order valence-corrected chi connectivity index (χ3v) is 3.10. The molecule has 0 saturated carbocycles. The summed E-state index contributed by atoms with van der Waals surface area (Å²) in [5.74, 6) is 1.04. The smallest absolute Gasteiger partial charge is 0.0468 e. The van der Waals surface area contributed by atoms with E-state index in [1.807, 2.05) is 12.1 Å². The second-order valence-electron chi connectivity index (χ2n) is 3.18. The summed E-state index contributed by atoms with van der Waals surface area (Å²) in [5.41, 5.74) is 1.28. The van der Waals surface area contributed by atoms with Gasteiger partial charge in [-0.05, 0) is 30.0 Å². The summed E-state index contributed by atoms with van der Waals surface area (Å²) < 4.78 is 6.15. The van der Waals surface area contributed by atoms with E-state index < -0.39 is 0 Å². The fourth-order valence-electron chi connectivity index (χ4n) is 1.33. The lowest BCUT2D eigenvalue weighted by Crippen LogP contribution is -2.04. The van der Waals surface area contributed by atoms with Gasteiger partial charge in [0, 0.05) is 24.1 Å². The summed E-state index contributed by atoms with van der Waals surface area (Å²) in [5, 5.41) is 0. The standard InChI is InChI=1S/C11H14BrClO/c1-14-7-6-10(8-13)9-2-4-11(12)5-3-9/h2-5,10H,6-8H2,1H3. The van der Waals surface area contributed by atoms with Gasteiger partial charge in [-0.15, -0.1) is 11.6 Å². The van der Waals surface area contributed by atoms with Gasteiger partial charge in [0.25, 0.3) is 0 Å². The van der Waals surface area contributed by atoms with E-state index in [4.69, 9.17) is 16.3 Å². The number of hydrogen-bond acceptors (Lipinski definition) is 1. The maximum absolute atomic E-state index is 5.91. The van der Waals surface area contributed by atoms with Crippen LogP contribution >= 0.6 is 27.5 Å². The molecule has 78 valence electrons. The van der Waals surface area contributed by atoms with Crippen molar-refractivity contribution < 1.29 is 4.74 Å². The van der Waals surface area contributed by atoms with Crippen LogP contribution in [0.25, 0.3) is 0 Å². The van der Waals surface area contributed by atoms with Gasteiger partial charge in [-0.3, -0.25) is 0 Å². The Morgan fingerprint density at radius 1 is 1.36 bits per heavy atom. The highest BCUT2D eigenvalue weighted by atomic mass is 79.9. The van der Waals surface area contributed by atoms with E-state index in [2.05, 4.69) is 28.1 Å². The first-order chi connectivity index (χ1) is 6.77. The number of rotatable bonds is 5. The molecule has 0 radical (unpaired) electrons. The van der Waals surface area contributed by atoms with Gasteiger partial charge in [0.05, 0.1) is 0 Å². The van der Waals surface area contributed by atoms with Crippen molar-refractivity contribution in [2.75, 3.05) is 19.6 Å². The van der Waals surface area contributed by atoms with Crippen LogP contribution in [0.4, 0.5) is 0 Å². The Bertz CT molecular complexity index is 260. The highest BCUT2D eigenvalue weighted by molar-refractivity contribution is 9.10. The predicted octanol–water partition coefficient (Wildman–Crippen LogP) is 3.81. The predicted molar refractivity (Wildman–Crippen MR) is 64.1 cm³/mol. The van der Waals surface area contributed by atoms with Crippen LogP contribution in [0.5, 0.6) is 0 Å². The zero-order valence-corrected chi connectivity index (χ0v) is 10.5. The molecular weight excluding hydrogens is 263 g/mol. The molecule has 1 rings (SSSR count). The molecule has 0 saturated heterocycles. The molecule has 0 aliphatic heterocycles. The Morgan fingerprint density at radius 3 is 2.50 bits per heavy atom. The van der Waals surface area contributed by atoms with Crippen molar-refractivity contribution in [1.29, 1.82) is 0 Å². The van der Waals surface area contributed by atoms with E-state index >= 15 is 0 Å². The van der Waals surface area contributed by atoms with E-state index in [0.717, 1.165) is 17.5 Å². The fraction of sp³-hybridized carbons (Fsp3) is 0.455. The van der Waals surface area contributed by atoms with Crippen LogP contribution in [0.15, 0.2) is 28.7 Å². The van der Waals surface area contributed by atoms with Crippen LogP contribution in [0.2, 0.25) is 0 Å². The molecule has 0 spiro atoms. The Kier molecular flexibility index (Phi) is 5.53. The van der Waals surface area contributed by atoms with E-state index in [9.17, 15) is 0 Å². The maximum Gasteiger partial charge on any atom is 0.0468 e. The van der Waals surface area contributed by atoms with Gasteiger partial charge in [0.2, 0.25) is 0 Å². The van der Waals surface area contributed by atoms with E-state index in [1.54, 1.807) is 7.11 Å². The number of methoxy groups -OCH3 is 1. The SMILES string of the molecule is COCCC(CCl)c1ccc(Br)cc1. The molecule has 1 aromatic rings. The maximum atomic E-state index is 5.91. The quantitative estimate of drug-likeness (QED) is 0.744. The van der Waals surface area contributed by atoms with Gasteiger partial charge in [-0.2, -0.15) is 0 Å². The van der Waals surface area contributed by atoms with Gasteiger partial charge >= 0.3 is 0 Å². The highest BCUT2D eigenvalue weighted by Gasteiger charge is 2.09. The van der Waals surface area contributed by atoms with Crippen LogP contribution in [0.3, 0.4) is 0 Å². The number of ether oxygens (including phenoxy) is 1. The molecule has 0 bridgehead atoms. The summed E-state index contributed by atoms with van der Waals surface area (Å²) in [7, 11) is 1.72. The molecule has 1 atom stereocenters. The van der Waals surface area contributed by atoms with Crippen molar-refractivity contribution in [1.82, 2.24) is 0 Å². The molecule has 0 fully saturated rings. The van der Waals surface area contributed by atoms with E-state index in [-0.39, 0.29) is 0 Å². The Morgan fingerprint density at radius 2 is 2.00 bits per heavy atom. The van der Waals surface area contributed by atoms with Crippen LogP contribution in [0.1, 0.15) is 17.9 Å². The molecule has 1 aromatic carbocycles. The first-order valence-corrected chi connectivity index (χ1v) is 5.91. The second kappa shape index (κ2) is 6.44. The second-order valence-corrected chi connectivity index (χ2v) is 4.41. The normalized spacial score (nSPS) is 12.8. The molecule has 0 heterocycles. The molecule has 0 aliphatic carbocycles. The van der Waals surface area contributed by atoms with Crippen LogP contribution in [-0.4, -0.2) is 19.6 Å². The minimum atomic E-state index is 0.393. The van der Waals surface area contributed by atoms with Crippen molar-refractivity contribution >= 4 is 27.5 Å². The van der Waals surface area contributed by atoms with Crippen molar-refractivity contribution in [2.24, 2.45) is 0 Å². The lowest BCUT2D eigenvalue weighted by molar-refractivity contribution is 0.189. The molecule has 1 nitrogen and oxygen atoms in total. The molecular formula is C11H14BrClO. The Labute approximate surface area is 98.5 Å². The minimum Gasteiger partial charge on any atom is -0.385 e. The van der Waals surface area contributed by atoms with E-state index in [0.29, 0.717) is 11.8 Å². The highest BCUT2D eigenvalue weighted by Crippen LogP contribution is 2.22. The summed E-state index contributed by atoms with van der Waals surface area (Å²) in [6, 6.07) is 8.29. The zero-order valence-electron chi connectivity index (χ0n) is 8.17. The molecule has 1 unspecified atom stereocenters. The van der Waals surface area contributed by atoms with Gasteiger partial charge in [-0.1, -0.05) is 28.1 Å². The minimum absolute atomic E-state index is 0.393. The largest absolute Gasteiger partial charge is 0.385 e. The third-order valence-electron chi connectivity index (χ3n) is 2.20. The Balaban J connectivity index is 2.64. The lowest BCUT2D eigenvalue weighted by atomic mass is 9.98. The molecule has 0 amide bonds. The average molecular weight is 278 g/mol. The van der Waals surface area contributed by atoms with Crippen LogP contribution in [0, 0.1) is 0 Å². The Hall–Kier alpha value is -0.0500. The molecule has 14 heavy (non-hydrogen) atoms. The molecule has 3 heteroatoms. The van der Waals surface area contributed by atoms with Crippen LogP contribution in [-0.2, 0) is 4.74 Å². The average Bonchev–Trinajstić information content (AvgIpc) is 2.21. The van der Waals surface area contributed by atoms with Crippen molar-refractivity contribution in [3.8, 4) is 0 Å². The molecule has 0 N–H and O–H groups in total. The first kappa shape index (κ1) is 12.0. The third kappa shape index (κ3) is 3.60.